The second kappa shape index (κ2) is 3.71. The smallest absolute Gasteiger partial charge is 0.188 e. The molecular weight excluding hydrogens is 194 g/mol. The van der Waals surface area contributed by atoms with Gasteiger partial charge in [-0.2, -0.15) is 0 Å². The lowest BCUT2D eigenvalue weighted by molar-refractivity contribution is -0.115. The molecule has 1 aliphatic rings. The number of nitrogens with zero attached hydrogens (tertiary/aromatic N) is 3. The first kappa shape index (κ1) is 11.2. The van der Waals surface area contributed by atoms with E-state index in [0.29, 0.717) is 5.57 Å². The van der Waals surface area contributed by atoms with Crippen LogP contribution < -0.4 is 0 Å². The highest BCUT2D eigenvalue weighted by Crippen LogP contribution is 2.29. The highest BCUT2D eigenvalue weighted by atomic mass is 16.1. The molecule has 0 heterocycles. The summed E-state index contributed by atoms with van der Waals surface area (Å²) in [5.41, 5.74) is 8.09. The van der Waals surface area contributed by atoms with E-state index in [1.807, 2.05) is 20.8 Å². The molecule has 15 heavy (non-hydrogen) atoms. The standard InChI is InChI=1S/C10H11N3O2/c1-10(2,3)6-4-9(15)7(12-13-11)5-8(6)14/h4-5H,1-3H3. The number of allylic oxidation sites excluding steroid dienone is 3. The molecular formula is C10H11N3O2. The summed E-state index contributed by atoms with van der Waals surface area (Å²) < 4.78 is 0. The maximum Gasteiger partial charge on any atom is 0.188 e. The summed E-state index contributed by atoms with van der Waals surface area (Å²) in [7, 11) is 0. The summed E-state index contributed by atoms with van der Waals surface area (Å²) in [5, 5.41) is 3.16. The highest BCUT2D eigenvalue weighted by Gasteiger charge is 2.27. The van der Waals surface area contributed by atoms with Crippen molar-refractivity contribution in [2.45, 2.75) is 20.8 Å². The van der Waals surface area contributed by atoms with E-state index < -0.39 is 5.78 Å². The summed E-state index contributed by atoms with van der Waals surface area (Å²) in [6, 6.07) is 0. The van der Waals surface area contributed by atoms with Gasteiger partial charge in [0.05, 0.1) is 5.70 Å². The summed E-state index contributed by atoms with van der Waals surface area (Å²) in [6.07, 6.45) is 2.33. The first-order valence-corrected chi connectivity index (χ1v) is 4.44. The van der Waals surface area contributed by atoms with Gasteiger partial charge in [-0.1, -0.05) is 25.9 Å². The maximum atomic E-state index is 11.6. The fraction of sp³-hybridized carbons (Fsp3) is 0.400. The number of carbonyl (C=O) groups excluding carboxylic acids is 2. The Labute approximate surface area is 87.1 Å². The number of ketones is 2. The van der Waals surface area contributed by atoms with Gasteiger partial charge >= 0.3 is 0 Å². The van der Waals surface area contributed by atoms with Crippen molar-refractivity contribution >= 4 is 11.6 Å². The molecule has 0 radical (unpaired) electrons. The minimum atomic E-state index is -0.419. The summed E-state index contributed by atoms with van der Waals surface area (Å²) in [4.78, 5) is 25.5. The Morgan fingerprint density at radius 1 is 1.20 bits per heavy atom. The molecule has 1 rings (SSSR count). The van der Waals surface area contributed by atoms with Crippen molar-refractivity contribution in [2.24, 2.45) is 10.5 Å². The van der Waals surface area contributed by atoms with Crippen molar-refractivity contribution in [1.82, 2.24) is 0 Å². The molecule has 0 unspecified atom stereocenters. The Morgan fingerprint density at radius 2 is 1.80 bits per heavy atom. The van der Waals surface area contributed by atoms with Gasteiger partial charge < -0.3 is 0 Å². The number of hydrogen-bond acceptors (Lipinski definition) is 3. The monoisotopic (exact) mass is 205 g/mol. The molecule has 78 valence electrons. The topological polar surface area (TPSA) is 82.9 Å². The molecule has 0 aliphatic heterocycles. The Morgan fingerprint density at radius 3 is 2.27 bits per heavy atom. The lowest BCUT2D eigenvalue weighted by atomic mass is 9.81. The molecule has 0 atom stereocenters. The predicted molar refractivity (Wildman–Crippen MR) is 54.8 cm³/mol. The van der Waals surface area contributed by atoms with Crippen molar-refractivity contribution in [3.63, 3.8) is 0 Å². The molecule has 0 spiro atoms. The Bertz CT molecular complexity index is 432. The van der Waals surface area contributed by atoms with Crippen molar-refractivity contribution in [3.05, 3.63) is 33.9 Å². The van der Waals surface area contributed by atoms with Gasteiger partial charge in [-0.25, -0.2) is 0 Å². The van der Waals surface area contributed by atoms with E-state index in [4.69, 9.17) is 5.53 Å². The molecule has 5 heteroatoms. The normalized spacial score (nSPS) is 16.7. The lowest BCUT2D eigenvalue weighted by Gasteiger charge is -2.22. The van der Waals surface area contributed by atoms with E-state index in [1.165, 1.54) is 6.08 Å². The van der Waals surface area contributed by atoms with Crippen molar-refractivity contribution < 1.29 is 9.59 Å². The van der Waals surface area contributed by atoms with Gasteiger partial charge in [-0.15, -0.1) is 0 Å². The third-order valence-corrected chi connectivity index (χ3v) is 2.02. The van der Waals surface area contributed by atoms with Crippen LogP contribution in [-0.4, -0.2) is 11.6 Å². The Kier molecular flexibility index (Phi) is 2.77. The zero-order chi connectivity index (χ0) is 11.6. The summed E-state index contributed by atoms with van der Waals surface area (Å²) in [5.74, 6) is -0.693. The van der Waals surface area contributed by atoms with Crippen LogP contribution in [0.4, 0.5) is 0 Å². The fourth-order valence-corrected chi connectivity index (χ4v) is 1.26. The molecule has 0 aromatic rings. The minimum Gasteiger partial charge on any atom is -0.290 e. The van der Waals surface area contributed by atoms with Crippen molar-refractivity contribution in [1.29, 1.82) is 0 Å². The number of azide groups is 1. The minimum absolute atomic E-state index is 0.143. The van der Waals surface area contributed by atoms with Gasteiger partial charge in [0, 0.05) is 10.5 Å². The first-order valence-electron chi connectivity index (χ1n) is 4.44. The van der Waals surface area contributed by atoms with Gasteiger partial charge in [-0.05, 0) is 23.1 Å². The zero-order valence-electron chi connectivity index (χ0n) is 8.81. The lowest BCUT2D eigenvalue weighted by Crippen LogP contribution is -2.22. The van der Waals surface area contributed by atoms with Crippen LogP contribution in [-0.2, 0) is 9.59 Å². The summed E-state index contributed by atoms with van der Waals surface area (Å²) >= 11 is 0. The average molecular weight is 205 g/mol. The molecule has 0 fully saturated rings. The number of rotatable bonds is 1. The van der Waals surface area contributed by atoms with Crippen LogP contribution in [0.25, 0.3) is 10.4 Å². The predicted octanol–water partition coefficient (Wildman–Crippen LogP) is 2.30. The zero-order valence-corrected chi connectivity index (χ0v) is 8.81. The van der Waals surface area contributed by atoms with E-state index in [9.17, 15) is 9.59 Å². The van der Waals surface area contributed by atoms with E-state index in [0.717, 1.165) is 6.08 Å². The van der Waals surface area contributed by atoms with Crippen LogP contribution >= 0.6 is 0 Å². The largest absolute Gasteiger partial charge is 0.290 e. The second-order valence-corrected chi connectivity index (χ2v) is 4.26. The van der Waals surface area contributed by atoms with E-state index >= 15 is 0 Å². The summed E-state index contributed by atoms with van der Waals surface area (Å²) in [6.45, 7) is 5.53. The van der Waals surface area contributed by atoms with Gasteiger partial charge in [-0.3, -0.25) is 9.59 Å². The maximum absolute atomic E-state index is 11.6. The quantitative estimate of drug-likeness (QED) is 0.285. The first-order chi connectivity index (χ1) is 6.86. The third-order valence-electron chi connectivity index (χ3n) is 2.02. The van der Waals surface area contributed by atoms with Crippen LogP contribution in [0.3, 0.4) is 0 Å². The average Bonchev–Trinajstić information content (AvgIpc) is 2.09. The number of carbonyl (C=O) groups is 2. The van der Waals surface area contributed by atoms with Crippen molar-refractivity contribution in [3.8, 4) is 0 Å². The molecule has 5 nitrogen and oxygen atoms in total. The van der Waals surface area contributed by atoms with Gasteiger partial charge in [0.15, 0.2) is 11.6 Å². The van der Waals surface area contributed by atoms with E-state index in [1.54, 1.807) is 0 Å². The molecule has 0 saturated heterocycles. The molecule has 0 amide bonds. The van der Waals surface area contributed by atoms with E-state index in [-0.39, 0.29) is 16.9 Å². The SMILES string of the molecule is CC(C)(C)C1=CC(=O)C(N=[N+]=[N-])=CC1=O. The van der Waals surface area contributed by atoms with Gasteiger partial charge in [0.1, 0.15) is 0 Å². The Balaban J connectivity index is 3.15. The molecule has 0 bridgehead atoms. The highest BCUT2D eigenvalue weighted by molar-refractivity contribution is 6.20. The van der Waals surface area contributed by atoms with Crippen LogP contribution in [0.1, 0.15) is 20.8 Å². The fourth-order valence-electron chi connectivity index (χ4n) is 1.26. The van der Waals surface area contributed by atoms with E-state index in [2.05, 4.69) is 10.0 Å². The van der Waals surface area contributed by atoms with Crippen LogP contribution in [0, 0.1) is 5.41 Å². The molecule has 0 N–H and O–H groups in total. The van der Waals surface area contributed by atoms with Gasteiger partial charge in [0.25, 0.3) is 0 Å². The second-order valence-electron chi connectivity index (χ2n) is 4.26. The molecule has 0 aromatic carbocycles. The van der Waals surface area contributed by atoms with Crippen molar-refractivity contribution in [2.75, 3.05) is 0 Å². The Hall–Kier alpha value is -1.87. The van der Waals surface area contributed by atoms with Crippen LogP contribution in [0.2, 0.25) is 0 Å². The molecule has 1 aliphatic carbocycles. The molecule has 0 aromatic heterocycles. The van der Waals surface area contributed by atoms with Crippen LogP contribution in [0.15, 0.2) is 28.5 Å². The van der Waals surface area contributed by atoms with Crippen LogP contribution in [0.5, 0.6) is 0 Å². The molecule has 0 saturated carbocycles. The third kappa shape index (κ3) is 2.33. The number of hydrogen-bond donors (Lipinski definition) is 0. The van der Waals surface area contributed by atoms with Gasteiger partial charge in [0.2, 0.25) is 0 Å².